The molecule has 1 aliphatic heterocycles. The summed E-state index contributed by atoms with van der Waals surface area (Å²) in [5.41, 5.74) is 0.854. The lowest BCUT2D eigenvalue weighted by Gasteiger charge is -2.36. The van der Waals surface area contributed by atoms with Gasteiger partial charge in [0.1, 0.15) is 17.8 Å². The van der Waals surface area contributed by atoms with Gasteiger partial charge in [0.05, 0.1) is 12.6 Å². The number of amides is 2. The van der Waals surface area contributed by atoms with Crippen LogP contribution in [0.25, 0.3) is 0 Å². The zero-order chi connectivity index (χ0) is 20.2. The van der Waals surface area contributed by atoms with Crippen molar-refractivity contribution >= 4 is 12.0 Å². The normalized spacial score (nSPS) is 21.1. The smallest absolute Gasteiger partial charge is 0.319 e. The second kappa shape index (κ2) is 8.46. The zero-order valence-electron chi connectivity index (χ0n) is 16.8. The molecule has 2 amide bonds. The van der Waals surface area contributed by atoms with E-state index in [0.29, 0.717) is 18.1 Å². The Kier molecular flexibility index (Phi) is 6.52. The van der Waals surface area contributed by atoms with Crippen LogP contribution in [0, 0.1) is 11.3 Å². The van der Waals surface area contributed by atoms with Crippen LogP contribution in [0.4, 0.5) is 4.79 Å². The first-order valence-electron chi connectivity index (χ1n) is 9.33. The molecule has 2 rings (SSSR count). The summed E-state index contributed by atoms with van der Waals surface area (Å²) in [6.45, 7) is 14.3. The van der Waals surface area contributed by atoms with Crippen LogP contribution in [-0.2, 0) is 9.53 Å². The quantitative estimate of drug-likeness (QED) is 0.740. The Morgan fingerprint density at radius 1 is 1.30 bits per heavy atom. The van der Waals surface area contributed by atoms with Gasteiger partial charge in [0.2, 0.25) is 0 Å². The van der Waals surface area contributed by atoms with Gasteiger partial charge in [-0.1, -0.05) is 52.5 Å². The van der Waals surface area contributed by atoms with E-state index in [1.165, 1.54) is 0 Å². The lowest BCUT2D eigenvalue weighted by Crippen LogP contribution is -2.51. The van der Waals surface area contributed by atoms with Crippen molar-refractivity contribution in [2.24, 2.45) is 11.3 Å². The molecule has 0 bridgehead atoms. The van der Waals surface area contributed by atoms with Gasteiger partial charge < -0.3 is 20.1 Å². The molecule has 1 saturated heterocycles. The van der Waals surface area contributed by atoms with E-state index in [1.807, 2.05) is 58.9 Å². The number of ether oxygens (including phenoxy) is 2. The van der Waals surface area contributed by atoms with E-state index in [-0.39, 0.29) is 11.5 Å². The molecule has 2 N–H and O–H groups in total. The predicted molar refractivity (Wildman–Crippen MR) is 104 cm³/mol. The third-order valence-electron chi connectivity index (χ3n) is 4.75. The average molecular weight is 374 g/mol. The van der Waals surface area contributed by atoms with Crippen LogP contribution in [0.2, 0.25) is 0 Å². The van der Waals surface area contributed by atoms with Crippen LogP contribution in [0.1, 0.15) is 52.6 Å². The first-order valence-corrected chi connectivity index (χ1v) is 9.33. The van der Waals surface area contributed by atoms with Crippen LogP contribution in [0.15, 0.2) is 36.5 Å². The summed E-state index contributed by atoms with van der Waals surface area (Å²) in [4.78, 5) is 25.0. The number of urea groups is 1. The molecule has 0 aliphatic carbocycles. The van der Waals surface area contributed by atoms with E-state index in [0.717, 1.165) is 12.0 Å². The van der Waals surface area contributed by atoms with Crippen molar-refractivity contribution < 1.29 is 19.1 Å². The lowest BCUT2D eigenvalue weighted by molar-refractivity contribution is -0.158. The maximum Gasteiger partial charge on any atom is 0.319 e. The average Bonchev–Trinajstić information content (AvgIpc) is 2.58. The predicted octanol–water partition coefficient (Wildman–Crippen LogP) is 3.94. The summed E-state index contributed by atoms with van der Waals surface area (Å²) >= 11 is 0. The van der Waals surface area contributed by atoms with E-state index in [1.54, 1.807) is 0 Å². The van der Waals surface area contributed by atoms with Crippen molar-refractivity contribution in [3.05, 3.63) is 42.1 Å². The maximum atomic E-state index is 13.0. The number of esters is 1. The summed E-state index contributed by atoms with van der Waals surface area (Å²) in [5, 5.41) is 5.43. The van der Waals surface area contributed by atoms with Gasteiger partial charge in [0.15, 0.2) is 0 Å². The molecule has 0 spiro atoms. The second-order valence-corrected chi connectivity index (χ2v) is 7.91. The van der Waals surface area contributed by atoms with Crippen LogP contribution in [0.5, 0.6) is 5.75 Å². The Morgan fingerprint density at radius 3 is 2.59 bits per heavy atom. The molecule has 27 heavy (non-hydrogen) atoms. The maximum absolute atomic E-state index is 13.0. The van der Waals surface area contributed by atoms with Gasteiger partial charge in [-0.25, -0.2) is 4.79 Å². The lowest BCUT2D eigenvalue weighted by atomic mass is 9.87. The Hall–Kier alpha value is -2.50. The van der Waals surface area contributed by atoms with Gasteiger partial charge in [-0.05, 0) is 24.8 Å². The Balaban J connectivity index is 2.35. The van der Waals surface area contributed by atoms with Crippen molar-refractivity contribution in [1.29, 1.82) is 0 Å². The van der Waals surface area contributed by atoms with Crippen molar-refractivity contribution in [3.8, 4) is 5.75 Å². The summed E-state index contributed by atoms with van der Waals surface area (Å²) in [6, 6.07) is 6.39. The highest BCUT2D eigenvalue weighted by atomic mass is 16.5. The minimum atomic E-state index is -0.751. The Morgan fingerprint density at radius 2 is 1.96 bits per heavy atom. The summed E-state index contributed by atoms with van der Waals surface area (Å²) < 4.78 is 11.5. The molecule has 1 aliphatic rings. The number of carbonyl (C=O) groups excluding carboxylic acids is 2. The Labute approximate surface area is 161 Å². The SMILES string of the molecule is C=C1NC(=O)N[C@H](c2ccccc2OCCC)[C@H]1C(=O)O[C@H](C)C(C)(C)C. The van der Waals surface area contributed by atoms with Gasteiger partial charge >= 0.3 is 12.0 Å². The summed E-state index contributed by atoms with van der Waals surface area (Å²) in [7, 11) is 0. The zero-order valence-corrected chi connectivity index (χ0v) is 16.8. The van der Waals surface area contributed by atoms with E-state index in [9.17, 15) is 9.59 Å². The van der Waals surface area contributed by atoms with E-state index in [2.05, 4.69) is 17.2 Å². The van der Waals surface area contributed by atoms with Gasteiger partial charge in [-0.15, -0.1) is 0 Å². The van der Waals surface area contributed by atoms with Crippen molar-refractivity contribution in [3.63, 3.8) is 0 Å². The van der Waals surface area contributed by atoms with Gasteiger partial charge in [0, 0.05) is 11.3 Å². The molecule has 0 unspecified atom stereocenters. The number of rotatable bonds is 6. The van der Waals surface area contributed by atoms with Crippen LogP contribution >= 0.6 is 0 Å². The van der Waals surface area contributed by atoms with Crippen molar-refractivity contribution in [2.75, 3.05) is 6.61 Å². The molecule has 1 heterocycles. The third kappa shape index (κ3) is 5.02. The van der Waals surface area contributed by atoms with Crippen LogP contribution < -0.4 is 15.4 Å². The molecule has 1 aromatic rings. The molecular formula is C21H30N2O4. The number of benzene rings is 1. The van der Waals surface area contributed by atoms with Crippen LogP contribution in [-0.4, -0.2) is 24.7 Å². The number of carbonyl (C=O) groups is 2. The molecule has 0 aromatic heterocycles. The van der Waals surface area contributed by atoms with Crippen molar-refractivity contribution in [1.82, 2.24) is 10.6 Å². The highest BCUT2D eigenvalue weighted by Crippen LogP contribution is 2.36. The van der Waals surface area contributed by atoms with E-state index >= 15 is 0 Å². The first kappa shape index (κ1) is 20.8. The number of hydrogen-bond acceptors (Lipinski definition) is 4. The minimum Gasteiger partial charge on any atom is -0.493 e. The van der Waals surface area contributed by atoms with Gasteiger partial charge in [-0.2, -0.15) is 0 Å². The summed E-state index contributed by atoms with van der Waals surface area (Å²) in [5.74, 6) is -0.537. The fourth-order valence-corrected chi connectivity index (χ4v) is 2.73. The fourth-order valence-electron chi connectivity index (χ4n) is 2.73. The minimum absolute atomic E-state index is 0.194. The molecule has 3 atom stereocenters. The molecule has 1 fully saturated rings. The Bertz CT molecular complexity index is 708. The highest BCUT2D eigenvalue weighted by molar-refractivity contribution is 5.85. The topological polar surface area (TPSA) is 76.7 Å². The molecular weight excluding hydrogens is 344 g/mol. The first-order chi connectivity index (χ1) is 12.6. The van der Waals surface area contributed by atoms with E-state index in [4.69, 9.17) is 9.47 Å². The largest absolute Gasteiger partial charge is 0.493 e. The molecule has 148 valence electrons. The molecule has 0 radical (unpaired) electrons. The van der Waals surface area contributed by atoms with Crippen molar-refractivity contribution in [2.45, 2.75) is 53.2 Å². The molecule has 1 aromatic carbocycles. The molecule has 6 heteroatoms. The van der Waals surface area contributed by atoms with E-state index < -0.39 is 24.0 Å². The van der Waals surface area contributed by atoms with Gasteiger partial charge in [0.25, 0.3) is 0 Å². The monoisotopic (exact) mass is 374 g/mol. The fraction of sp³-hybridized carbons (Fsp3) is 0.524. The number of hydrogen-bond donors (Lipinski definition) is 2. The standard InChI is InChI=1S/C21H30N2O4/c1-7-12-26-16-11-9-8-10-15(16)18-17(13(2)22-20(25)23-18)19(24)27-14(3)21(4,5)6/h8-11,14,17-18H,2,7,12H2,1,3-6H3,(H2,22,23,25)/t14-,17+,18-/m1/s1. The molecule has 6 nitrogen and oxygen atoms in total. The van der Waals surface area contributed by atoms with Gasteiger partial charge in [-0.3, -0.25) is 4.79 Å². The summed E-state index contributed by atoms with van der Waals surface area (Å²) in [6.07, 6.45) is 0.566. The third-order valence-corrected chi connectivity index (χ3v) is 4.75. The number of para-hydroxylation sites is 1. The van der Waals surface area contributed by atoms with Crippen LogP contribution in [0.3, 0.4) is 0 Å². The second-order valence-electron chi connectivity index (χ2n) is 7.91. The number of nitrogens with one attached hydrogen (secondary N) is 2. The molecule has 0 saturated carbocycles. The highest BCUT2D eigenvalue weighted by Gasteiger charge is 2.41.